The molecule has 2 aromatic heterocycles. The van der Waals surface area contributed by atoms with Gasteiger partial charge in [0.1, 0.15) is 6.61 Å². The van der Waals surface area contributed by atoms with Crippen molar-refractivity contribution in [3.63, 3.8) is 0 Å². The molecule has 2 aliphatic rings. The summed E-state index contributed by atoms with van der Waals surface area (Å²) in [6.07, 6.45) is 6.95. The van der Waals surface area contributed by atoms with Gasteiger partial charge in [0.2, 0.25) is 0 Å². The van der Waals surface area contributed by atoms with E-state index >= 15 is 0 Å². The predicted octanol–water partition coefficient (Wildman–Crippen LogP) is 2.17. The Morgan fingerprint density at radius 2 is 2.21 bits per heavy atom. The smallest absolute Gasteiger partial charge is 0.252 e. The monoisotopic (exact) mass is 331 g/mol. The summed E-state index contributed by atoms with van der Waals surface area (Å²) in [6.45, 7) is 5.48. The Morgan fingerprint density at radius 3 is 2.96 bits per heavy atom. The lowest BCUT2D eigenvalue weighted by atomic mass is 10.1. The van der Waals surface area contributed by atoms with Crippen LogP contribution in [0.15, 0.2) is 10.7 Å². The van der Waals surface area contributed by atoms with Crippen LogP contribution in [0, 0.1) is 6.92 Å². The second-order valence-electron chi connectivity index (χ2n) is 7.04. The fraction of sp³-hybridized carbons (Fsp3) is 0.706. The van der Waals surface area contributed by atoms with Crippen LogP contribution >= 0.6 is 0 Å². The molecule has 1 aliphatic heterocycles. The van der Waals surface area contributed by atoms with Crippen LogP contribution in [0.3, 0.4) is 0 Å². The minimum Gasteiger partial charge on any atom is -0.367 e. The molecule has 7 heteroatoms. The van der Waals surface area contributed by atoms with Crippen LogP contribution in [0.2, 0.25) is 0 Å². The number of hydrogen-bond donors (Lipinski definition) is 0. The van der Waals surface area contributed by atoms with Crippen LogP contribution in [0.1, 0.15) is 54.6 Å². The van der Waals surface area contributed by atoms with Crippen LogP contribution in [-0.2, 0) is 24.9 Å². The number of ether oxygens (including phenoxy) is 1. The molecule has 7 nitrogen and oxygen atoms in total. The van der Waals surface area contributed by atoms with Gasteiger partial charge in [-0.1, -0.05) is 5.16 Å². The van der Waals surface area contributed by atoms with Crippen molar-refractivity contribution in [2.75, 3.05) is 13.1 Å². The maximum Gasteiger partial charge on any atom is 0.252 e. The summed E-state index contributed by atoms with van der Waals surface area (Å²) >= 11 is 0. The van der Waals surface area contributed by atoms with Crippen LogP contribution in [0.5, 0.6) is 0 Å². The lowest BCUT2D eigenvalue weighted by Crippen LogP contribution is -2.39. The van der Waals surface area contributed by atoms with Crippen LogP contribution in [-0.4, -0.2) is 44.0 Å². The molecule has 2 aromatic rings. The first-order chi connectivity index (χ1) is 11.7. The number of piperidine rings is 1. The van der Waals surface area contributed by atoms with Crippen molar-refractivity contribution in [3.8, 4) is 0 Å². The molecule has 2 fully saturated rings. The van der Waals surface area contributed by atoms with Crippen molar-refractivity contribution >= 4 is 0 Å². The van der Waals surface area contributed by atoms with E-state index < -0.39 is 0 Å². The van der Waals surface area contributed by atoms with Gasteiger partial charge in [-0.2, -0.15) is 10.1 Å². The molecule has 0 aromatic carbocycles. The maximum atomic E-state index is 6.03. The molecule has 24 heavy (non-hydrogen) atoms. The van der Waals surface area contributed by atoms with E-state index in [2.05, 4.69) is 33.3 Å². The summed E-state index contributed by atoms with van der Waals surface area (Å²) in [4.78, 5) is 6.88. The standard InChI is InChI=1S/C17H25N5O2/c1-12-14(8-21(2)19-12)9-22-7-3-4-15(10-22)23-11-16-18-17(20-24-16)13-5-6-13/h8,13,15H,3-7,9-11H2,1-2H3. The molecule has 4 rings (SSSR count). The predicted molar refractivity (Wildman–Crippen MR) is 87.3 cm³/mol. The normalized spacial score (nSPS) is 22.2. The number of likely N-dealkylation sites (tertiary alicyclic amines) is 1. The first-order valence-corrected chi connectivity index (χ1v) is 8.83. The highest BCUT2D eigenvalue weighted by atomic mass is 16.5. The van der Waals surface area contributed by atoms with Gasteiger partial charge in [-0.3, -0.25) is 9.58 Å². The first kappa shape index (κ1) is 15.8. The zero-order valence-electron chi connectivity index (χ0n) is 14.4. The van der Waals surface area contributed by atoms with Gasteiger partial charge in [0.25, 0.3) is 5.89 Å². The molecular weight excluding hydrogens is 306 g/mol. The summed E-state index contributed by atoms with van der Waals surface area (Å²) in [5.74, 6) is 1.98. The zero-order valence-corrected chi connectivity index (χ0v) is 14.4. The van der Waals surface area contributed by atoms with Gasteiger partial charge in [0.15, 0.2) is 5.82 Å². The van der Waals surface area contributed by atoms with Gasteiger partial charge in [0.05, 0.1) is 11.8 Å². The lowest BCUT2D eigenvalue weighted by molar-refractivity contribution is -0.0211. The Morgan fingerprint density at radius 1 is 1.33 bits per heavy atom. The van der Waals surface area contributed by atoms with E-state index in [1.807, 2.05) is 11.7 Å². The molecule has 0 bridgehead atoms. The third-order valence-corrected chi connectivity index (χ3v) is 4.84. The van der Waals surface area contributed by atoms with Crippen molar-refractivity contribution in [2.24, 2.45) is 7.05 Å². The van der Waals surface area contributed by atoms with E-state index in [-0.39, 0.29) is 6.10 Å². The molecule has 0 N–H and O–H groups in total. The fourth-order valence-corrected chi connectivity index (χ4v) is 3.36. The van der Waals surface area contributed by atoms with Gasteiger partial charge in [-0.25, -0.2) is 0 Å². The van der Waals surface area contributed by atoms with Crippen molar-refractivity contribution < 1.29 is 9.26 Å². The SMILES string of the molecule is Cc1nn(C)cc1CN1CCCC(OCc2nc(C3CC3)no2)C1. The third kappa shape index (κ3) is 3.67. The minimum atomic E-state index is 0.229. The molecule has 130 valence electrons. The minimum absolute atomic E-state index is 0.229. The molecule has 1 saturated carbocycles. The summed E-state index contributed by atoms with van der Waals surface area (Å²) in [5, 5.41) is 8.46. The number of rotatable bonds is 6. The number of nitrogens with zero attached hydrogens (tertiary/aromatic N) is 5. The highest BCUT2D eigenvalue weighted by Crippen LogP contribution is 2.38. The second kappa shape index (κ2) is 6.64. The molecule has 1 aliphatic carbocycles. The van der Waals surface area contributed by atoms with Crippen molar-refractivity contribution in [1.82, 2.24) is 24.8 Å². The highest BCUT2D eigenvalue weighted by Gasteiger charge is 2.29. The molecule has 3 heterocycles. The van der Waals surface area contributed by atoms with E-state index in [4.69, 9.17) is 9.26 Å². The highest BCUT2D eigenvalue weighted by molar-refractivity contribution is 5.15. The fourth-order valence-electron chi connectivity index (χ4n) is 3.36. The van der Waals surface area contributed by atoms with Gasteiger partial charge < -0.3 is 9.26 Å². The van der Waals surface area contributed by atoms with Gasteiger partial charge in [-0.05, 0) is 39.2 Å². The Labute approximate surface area is 142 Å². The molecule has 0 spiro atoms. The summed E-state index contributed by atoms with van der Waals surface area (Å²) in [5.41, 5.74) is 2.41. The number of aromatic nitrogens is 4. The van der Waals surface area contributed by atoms with Gasteiger partial charge in [-0.15, -0.1) is 0 Å². The average molecular weight is 331 g/mol. The van der Waals surface area contributed by atoms with E-state index in [0.29, 0.717) is 18.4 Å². The van der Waals surface area contributed by atoms with Crippen molar-refractivity contribution in [3.05, 3.63) is 29.2 Å². The Hall–Kier alpha value is -1.73. The lowest BCUT2D eigenvalue weighted by Gasteiger charge is -2.32. The van der Waals surface area contributed by atoms with Crippen LogP contribution in [0.25, 0.3) is 0 Å². The second-order valence-corrected chi connectivity index (χ2v) is 7.04. The molecule has 1 atom stereocenters. The summed E-state index contributed by atoms with van der Waals surface area (Å²) in [7, 11) is 1.97. The average Bonchev–Trinajstić information content (AvgIpc) is 3.22. The van der Waals surface area contributed by atoms with Crippen LogP contribution in [0.4, 0.5) is 0 Å². The number of aryl methyl sites for hydroxylation is 2. The number of hydrogen-bond acceptors (Lipinski definition) is 6. The topological polar surface area (TPSA) is 69.2 Å². The third-order valence-electron chi connectivity index (χ3n) is 4.84. The summed E-state index contributed by atoms with van der Waals surface area (Å²) < 4.78 is 13.2. The quantitative estimate of drug-likeness (QED) is 0.808. The van der Waals surface area contributed by atoms with Gasteiger partial charge >= 0.3 is 0 Å². The molecule has 1 unspecified atom stereocenters. The van der Waals surface area contributed by atoms with Crippen molar-refractivity contribution in [2.45, 2.75) is 57.8 Å². The maximum absolute atomic E-state index is 6.03. The largest absolute Gasteiger partial charge is 0.367 e. The van der Waals surface area contributed by atoms with Gasteiger partial charge in [0, 0.05) is 37.8 Å². The van der Waals surface area contributed by atoms with E-state index in [9.17, 15) is 0 Å². The molecule has 0 radical (unpaired) electrons. The zero-order chi connectivity index (χ0) is 16.5. The van der Waals surface area contributed by atoms with E-state index in [0.717, 1.165) is 44.0 Å². The first-order valence-electron chi connectivity index (χ1n) is 8.83. The summed E-state index contributed by atoms with van der Waals surface area (Å²) in [6, 6.07) is 0. The van der Waals surface area contributed by atoms with E-state index in [1.165, 1.54) is 18.4 Å². The van der Waals surface area contributed by atoms with Crippen LogP contribution < -0.4 is 0 Å². The van der Waals surface area contributed by atoms with Crippen molar-refractivity contribution in [1.29, 1.82) is 0 Å². The Balaban J connectivity index is 1.28. The molecule has 0 amide bonds. The molecular formula is C17H25N5O2. The Kier molecular flexibility index (Phi) is 4.37. The molecule has 1 saturated heterocycles. The van der Waals surface area contributed by atoms with E-state index in [1.54, 1.807) is 0 Å². The Bertz CT molecular complexity index is 691.